The highest BCUT2D eigenvalue weighted by molar-refractivity contribution is 9.10. The topological polar surface area (TPSA) is 68.3 Å². The van der Waals surface area contributed by atoms with E-state index < -0.39 is 59.8 Å². The van der Waals surface area contributed by atoms with Crippen molar-refractivity contribution in [3.8, 4) is 0 Å². The lowest BCUT2D eigenvalue weighted by Gasteiger charge is -2.36. The summed E-state index contributed by atoms with van der Waals surface area (Å²) >= 11 is 3.37. The van der Waals surface area contributed by atoms with Gasteiger partial charge in [-0.2, -0.15) is 0 Å². The number of hydrogen-bond donors (Lipinski definition) is 1. The van der Waals surface area contributed by atoms with Crippen molar-refractivity contribution < 1.29 is 22.5 Å². The highest BCUT2D eigenvalue weighted by atomic mass is 79.9. The fraction of sp³-hybridized carbons (Fsp3) is 0.739. The highest BCUT2D eigenvalue weighted by Crippen LogP contribution is 2.33. The zero-order valence-corrected chi connectivity index (χ0v) is 24.7. The number of carbonyl (C=O) groups excluding carboxylic acids is 1. The van der Waals surface area contributed by atoms with Gasteiger partial charge in [0.25, 0.3) is 0 Å². The monoisotopic (exact) mass is 568 g/mol. The van der Waals surface area contributed by atoms with E-state index in [0.29, 0.717) is 9.79 Å². The molecule has 0 radical (unpaired) electrons. The van der Waals surface area contributed by atoms with Crippen molar-refractivity contribution in [1.82, 2.24) is 9.71 Å². The summed E-state index contributed by atoms with van der Waals surface area (Å²) in [7, 11) is -4.04. The molecule has 0 bridgehead atoms. The third-order valence-corrected chi connectivity index (χ3v) is 13.6. The van der Waals surface area contributed by atoms with Crippen LogP contribution in [0.2, 0.25) is 18.1 Å². The SMILES string of the molecule is CC[Si](CC)(CC)c1cc(Br)nc([C@](CF)(CC(=O)OC(C)(C)C)N[S@](=O)C(C)(C)C)c1F. The molecule has 0 saturated heterocycles. The smallest absolute Gasteiger partial charge is 0.308 e. The Kier molecular flexibility index (Phi) is 10.4. The lowest BCUT2D eigenvalue weighted by atomic mass is 9.92. The zero-order chi connectivity index (χ0) is 25.8. The van der Waals surface area contributed by atoms with Gasteiger partial charge in [-0.25, -0.2) is 22.7 Å². The molecule has 1 heterocycles. The van der Waals surface area contributed by atoms with E-state index in [4.69, 9.17) is 4.74 Å². The molecule has 5 nitrogen and oxygen atoms in total. The van der Waals surface area contributed by atoms with Crippen molar-refractivity contribution >= 4 is 46.1 Å². The van der Waals surface area contributed by atoms with E-state index >= 15 is 4.39 Å². The number of nitrogens with zero attached hydrogens (tertiary/aromatic N) is 1. The number of esters is 1. The summed E-state index contributed by atoms with van der Waals surface area (Å²) in [6.45, 7) is 15.2. The Bertz CT molecular complexity index is 862. The second kappa shape index (κ2) is 11.3. The molecular formula is C23H39BrF2N2O3SSi. The molecule has 1 aromatic heterocycles. The maximum Gasteiger partial charge on any atom is 0.308 e. The van der Waals surface area contributed by atoms with E-state index in [0.717, 1.165) is 18.1 Å². The lowest BCUT2D eigenvalue weighted by Crippen LogP contribution is -2.54. The van der Waals surface area contributed by atoms with Crippen molar-refractivity contribution in [2.24, 2.45) is 0 Å². The molecule has 10 heteroatoms. The van der Waals surface area contributed by atoms with Gasteiger partial charge in [0.1, 0.15) is 33.9 Å². The quantitative estimate of drug-likeness (QED) is 0.225. The van der Waals surface area contributed by atoms with Crippen molar-refractivity contribution in [3.63, 3.8) is 0 Å². The number of hydrogen-bond acceptors (Lipinski definition) is 4. The Morgan fingerprint density at radius 3 is 2.06 bits per heavy atom. The van der Waals surface area contributed by atoms with Gasteiger partial charge in [-0.05, 0) is 68.7 Å². The van der Waals surface area contributed by atoms with E-state index in [2.05, 4.69) is 25.6 Å². The molecule has 190 valence electrons. The summed E-state index contributed by atoms with van der Waals surface area (Å²) in [5.41, 5.74) is -3.01. The van der Waals surface area contributed by atoms with Gasteiger partial charge in [0.05, 0.1) is 30.2 Å². The molecule has 0 amide bonds. The molecule has 0 saturated carbocycles. The molecule has 0 aromatic carbocycles. The molecule has 0 aliphatic heterocycles. The first kappa shape index (κ1) is 30.3. The lowest BCUT2D eigenvalue weighted by molar-refractivity contribution is -0.156. The second-order valence-electron chi connectivity index (χ2n) is 10.5. The first-order valence-electron chi connectivity index (χ1n) is 11.3. The van der Waals surface area contributed by atoms with Crippen molar-refractivity contribution in [2.45, 2.75) is 103 Å². The number of nitrogens with one attached hydrogen (secondary N) is 1. The van der Waals surface area contributed by atoms with Crippen LogP contribution in [-0.2, 0) is 26.1 Å². The predicted octanol–water partition coefficient (Wildman–Crippen LogP) is 5.65. The van der Waals surface area contributed by atoms with Crippen LogP contribution < -0.4 is 9.91 Å². The van der Waals surface area contributed by atoms with Gasteiger partial charge in [-0.15, -0.1) is 0 Å². The van der Waals surface area contributed by atoms with Gasteiger partial charge in [0.15, 0.2) is 0 Å². The van der Waals surface area contributed by atoms with Crippen molar-refractivity contribution in [3.05, 3.63) is 22.2 Å². The van der Waals surface area contributed by atoms with E-state index in [-0.39, 0.29) is 5.69 Å². The van der Waals surface area contributed by atoms with Crippen LogP contribution in [0.4, 0.5) is 8.78 Å². The summed E-state index contributed by atoms with van der Waals surface area (Å²) < 4.78 is 51.9. The summed E-state index contributed by atoms with van der Waals surface area (Å²) in [6, 6.07) is 4.10. The van der Waals surface area contributed by atoms with E-state index in [1.807, 2.05) is 20.8 Å². The highest BCUT2D eigenvalue weighted by Gasteiger charge is 2.45. The van der Waals surface area contributed by atoms with Gasteiger partial charge in [0, 0.05) is 0 Å². The van der Waals surface area contributed by atoms with Crippen LogP contribution in [0.3, 0.4) is 0 Å². The van der Waals surface area contributed by atoms with Gasteiger partial charge < -0.3 is 4.74 Å². The number of alkyl halides is 1. The Balaban J connectivity index is 3.84. The minimum absolute atomic E-state index is 0.245. The maximum absolute atomic E-state index is 16.2. The predicted molar refractivity (Wildman–Crippen MR) is 138 cm³/mol. The van der Waals surface area contributed by atoms with Crippen molar-refractivity contribution in [2.75, 3.05) is 6.67 Å². The van der Waals surface area contributed by atoms with Crippen LogP contribution >= 0.6 is 15.9 Å². The summed E-state index contributed by atoms with van der Waals surface area (Å²) in [5, 5.41) is 0.539. The molecule has 1 rings (SSSR count). The number of pyridine rings is 1. The molecule has 0 spiro atoms. The number of rotatable bonds is 10. The third-order valence-electron chi connectivity index (χ3n) is 5.92. The van der Waals surface area contributed by atoms with Crippen LogP contribution in [-0.4, -0.2) is 40.3 Å². The molecule has 0 aliphatic carbocycles. The van der Waals surface area contributed by atoms with Crippen LogP contribution in [0.15, 0.2) is 10.7 Å². The van der Waals surface area contributed by atoms with E-state index in [1.165, 1.54) is 0 Å². The van der Waals surface area contributed by atoms with E-state index in [9.17, 15) is 13.4 Å². The van der Waals surface area contributed by atoms with Crippen LogP contribution in [0.25, 0.3) is 0 Å². The minimum Gasteiger partial charge on any atom is -0.460 e. The summed E-state index contributed by atoms with van der Waals surface area (Å²) in [5.74, 6) is -1.36. The molecule has 1 N–H and O–H groups in total. The summed E-state index contributed by atoms with van der Waals surface area (Å²) in [4.78, 5) is 17.1. The maximum atomic E-state index is 16.2. The third kappa shape index (κ3) is 7.38. The second-order valence-corrected chi connectivity index (χ2v) is 18.5. The fourth-order valence-corrected chi connectivity index (χ4v) is 8.95. The Labute approximate surface area is 209 Å². The fourth-order valence-electron chi connectivity index (χ4n) is 3.78. The first-order chi connectivity index (χ1) is 15.0. The largest absolute Gasteiger partial charge is 0.460 e. The first-order valence-corrected chi connectivity index (χ1v) is 15.9. The van der Waals surface area contributed by atoms with Gasteiger partial charge >= 0.3 is 5.97 Å². The standard InChI is InChI=1S/C23H39BrF2N2O3SSi/c1-10-33(11-2,12-3)16-13-17(24)27-20(19(16)26)23(15-25,28-32(30)22(7,8)9)14-18(29)31-21(4,5)6/h13,28H,10-12,14-15H2,1-9H3/t23-,32-/m1/s1. The average molecular weight is 570 g/mol. The van der Waals surface area contributed by atoms with Crippen molar-refractivity contribution in [1.29, 1.82) is 0 Å². The molecule has 0 aliphatic rings. The van der Waals surface area contributed by atoms with E-state index in [1.54, 1.807) is 47.6 Å². The molecule has 33 heavy (non-hydrogen) atoms. The van der Waals surface area contributed by atoms with Gasteiger partial charge in [-0.1, -0.05) is 38.9 Å². The molecule has 0 fully saturated rings. The Morgan fingerprint density at radius 2 is 1.67 bits per heavy atom. The van der Waals surface area contributed by atoms with Gasteiger partial charge in [-0.3, -0.25) is 4.79 Å². The Hall–Kier alpha value is -0.713. The zero-order valence-electron chi connectivity index (χ0n) is 21.3. The molecule has 2 atom stereocenters. The molecule has 1 aromatic rings. The number of ether oxygens (including phenoxy) is 1. The number of carbonyl (C=O) groups is 1. The Morgan fingerprint density at radius 1 is 1.15 bits per heavy atom. The molecular weight excluding hydrogens is 530 g/mol. The van der Waals surface area contributed by atoms with Crippen LogP contribution in [0, 0.1) is 5.82 Å². The average Bonchev–Trinajstić information content (AvgIpc) is 2.69. The van der Waals surface area contributed by atoms with Crippen LogP contribution in [0.5, 0.6) is 0 Å². The normalized spacial score (nSPS) is 15.8. The van der Waals surface area contributed by atoms with Crippen LogP contribution in [0.1, 0.15) is 74.4 Å². The number of halogens is 3. The molecule has 0 unspecified atom stereocenters. The van der Waals surface area contributed by atoms with Gasteiger partial charge in [0.2, 0.25) is 0 Å². The minimum atomic E-state index is -2.23. The number of aromatic nitrogens is 1. The summed E-state index contributed by atoms with van der Waals surface area (Å²) in [6.07, 6.45) is -0.554.